The second-order valence-corrected chi connectivity index (χ2v) is 5.37. The fourth-order valence-corrected chi connectivity index (χ4v) is 2.28. The van der Waals surface area contributed by atoms with Crippen molar-refractivity contribution in [2.75, 3.05) is 0 Å². The Hall–Kier alpha value is -1.49. The van der Waals surface area contributed by atoms with Crippen molar-refractivity contribution in [3.63, 3.8) is 0 Å². The van der Waals surface area contributed by atoms with Crippen molar-refractivity contribution in [3.8, 4) is 0 Å². The van der Waals surface area contributed by atoms with Gasteiger partial charge in [0.15, 0.2) is 11.6 Å². The number of esters is 1. The van der Waals surface area contributed by atoms with Crippen LogP contribution in [0.2, 0.25) is 0 Å². The van der Waals surface area contributed by atoms with Gasteiger partial charge < -0.3 is 10.5 Å². The predicted molar refractivity (Wildman–Crippen MR) is 73.1 cm³/mol. The Bertz CT molecular complexity index is 475. The Morgan fingerprint density at radius 1 is 1.15 bits per heavy atom. The first-order valence-corrected chi connectivity index (χ1v) is 6.65. The van der Waals surface area contributed by atoms with Crippen LogP contribution < -0.4 is 5.73 Å². The average Bonchev–Trinajstić information content (AvgIpc) is 2.33. The van der Waals surface area contributed by atoms with Crippen molar-refractivity contribution >= 4 is 5.97 Å². The molecular weight excluding hydrogens is 264 g/mol. The van der Waals surface area contributed by atoms with E-state index in [9.17, 15) is 13.6 Å². The Kier molecular flexibility index (Phi) is 5.62. The Balaban J connectivity index is 2.99. The molecule has 0 saturated heterocycles. The number of nitrogens with two attached hydrogens (primary N) is 1. The molecule has 0 fully saturated rings. The van der Waals surface area contributed by atoms with Crippen LogP contribution in [0, 0.1) is 17.6 Å². The Labute approximate surface area is 118 Å². The minimum atomic E-state index is -0.904. The molecule has 0 aliphatic heterocycles. The van der Waals surface area contributed by atoms with Gasteiger partial charge in [0.05, 0.1) is 0 Å². The molecule has 0 saturated carbocycles. The normalized spacial score (nSPS) is 15.8. The van der Waals surface area contributed by atoms with Crippen LogP contribution in [0.3, 0.4) is 0 Å². The lowest BCUT2D eigenvalue weighted by Gasteiger charge is -2.28. The second-order valence-electron chi connectivity index (χ2n) is 5.37. The quantitative estimate of drug-likeness (QED) is 0.846. The van der Waals surface area contributed by atoms with E-state index in [0.717, 1.165) is 12.1 Å². The molecule has 3 atom stereocenters. The van der Waals surface area contributed by atoms with Gasteiger partial charge in [-0.05, 0) is 37.5 Å². The predicted octanol–water partition coefficient (Wildman–Crippen LogP) is 2.98. The van der Waals surface area contributed by atoms with Crippen LogP contribution in [0.15, 0.2) is 18.2 Å². The van der Waals surface area contributed by atoms with Gasteiger partial charge in [-0.3, -0.25) is 4.79 Å². The van der Waals surface area contributed by atoms with Crippen LogP contribution in [0.4, 0.5) is 8.78 Å². The SMILES string of the molecule is CC(C)[C@@H](c1ccc(F)c(F)c1)[C@H](C)OC(=O)[C@H](C)N. The molecule has 2 N–H and O–H groups in total. The summed E-state index contributed by atoms with van der Waals surface area (Å²) in [7, 11) is 0. The van der Waals surface area contributed by atoms with Crippen molar-refractivity contribution < 1.29 is 18.3 Å². The zero-order valence-electron chi connectivity index (χ0n) is 12.2. The van der Waals surface area contributed by atoms with Gasteiger partial charge in [0.1, 0.15) is 12.1 Å². The molecule has 1 aromatic carbocycles. The zero-order chi connectivity index (χ0) is 15.4. The van der Waals surface area contributed by atoms with Gasteiger partial charge in [-0.25, -0.2) is 8.78 Å². The van der Waals surface area contributed by atoms with Crippen molar-refractivity contribution in [2.24, 2.45) is 11.7 Å². The molecule has 0 amide bonds. The third-order valence-electron chi connectivity index (χ3n) is 3.23. The first-order chi connectivity index (χ1) is 9.23. The fourth-order valence-electron chi connectivity index (χ4n) is 2.28. The van der Waals surface area contributed by atoms with Crippen LogP contribution in [-0.4, -0.2) is 18.1 Å². The van der Waals surface area contributed by atoms with Crippen LogP contribution in [0.25, 0.3) is 0 Å². The molecule has 0 heterocycles. The molecule has 20 heavy (non-hydrogen) atoms. The minimum Gasteiger partial charge on any atom is -0.461 e. The maximum Gasteiger partial charge on any atom is 0.322 e. The van der Waals surface area contributed by atoms with Crippen molar-refractivity contribution in [1.82, 2.24) is 0 Å². The summed E-state index contributed by atoms with van der Waals surface area (Å²) >= 11 is 0. The molecule has 3 nitrogen and oxygen atoms in total. The molecule has 0 aliphatic carbocycles. The van der Waals surface area contributed by atoms with Crippen LogP contribution >= 0.6 is 0 Å². The Morgan fingerprint density at radius 3 is 2.20 bits per heavy atom. The van der Waals surface area contributed by atoms with Gasteiger partial charge in [-0.15, -0.1) is 0 Å². The molecule has 0 aliphatic rings. The van der Waals surface area contributed by atoms with E-state index in [2.05, 4.69) is 0 Å². The maximum atomic E-state index is 13.4. The van der Waals surface area contributed by atoms with Gasteiger partial charge in [0.25, 0.3) is 0 Å². The van der Waals surface area contributed by atoms with Crippen LogP contribution in [0.5, 0.6) is 0 Å². The van der Waals surface area contributed by atoms with Crippen LogP contribution in [-0.2, 0) is 9.53 Å². The number of carbonyl (C=O) groups excluding carboxylic acids is 1. The number of hydrogen-bond acceptors (Lipinski definition) is 3. The topological polar surface area (TPSA) is 52.3 Å². The highest BCUT2D eigenvalue weighted by atomic mass is 19.2. The van der Waals surface area contributed by atoms with E-state index < -0.39 is 29.7 Å². The third-order valence-corrected chi connectivity index (χ3v) is 3.23. The van der Waals surface area contributed by atoms with E-state index in [1.807, 2.05) is 13.8 Å². The van der Waals surface area contributed by atoms with Gasteiger partial charge >= 0.3 is 5.97 Å². The van der Waals surface area contributed by atoms with E-state index in [1.165, 1.54) is 13.0 Å². The smallest absolute Gasteiger partial charge is 0.322 e. The number of rotatable bonds is 5. The number of carbonyl (C=O) groups is 1. The summed E-state index contributed by atoms with van der Waals surface area (Å²) in [5, 5.41) is 0. The van der Waals surface area contributed by atoms with Crippen molar-refractivity contribution in [1.29, 1.82) is 0 Å². The second kappa shape index (κ2) is 6.79. The summed E-state index contributed by atoms with van der Waals surface area (Å²) in [6.45, 7) is 7.13. The number of benzene rings is 1. The molecule has 1 aromatic rings. The minimum absolute atomic E-state index is 0.0933. The van der Waals surface area contributed by atoms with E-state index in [0.29, 0.717) is 5.56 Å². The lowest BCUT2D eigenvalue weighted by atomic mass is 9.84. The summed E-state index contributed by atoms with van der Waals surface area (Å²) in [5.41, 5.74) is 6.06. The summed E-state index contributed by atoms with van der Waals surface area (Å²) in [6, 6.07) is 3.03. The van der Waals surface area contributed by atoms with Gasteiger partial charge in [-0.2, -0.15) is 0 Å². The van der Waals surface area contributed by atoms with Gasteiger partial charge in [-0.1, -0.05) is 19.9 Å². The molecule has 0 unspecified atom stereocenters. The first kappa shape index (κ1) is 16.6. The fraction of sp³-hybridized carbons (Fsp3) is 0.533. The molecule has 0 spiro atoms. The summed E-state index contributed by atoms with van der Waals surface area (Å²) in [5.74, 6) is -2.44. The molecule has 0 radical (unpaired) electrons. The lowest BCUT2D eigenvalue weighted by molar-refractivity contribution is -0.151. The lowest BCUT2D eigenvalue weighted by Crippen LogP contribution is -2.34. The van der Waals surface area contributed by atoms with Crippen LogP contribution in [0.1, 0.15) is 39.2 Å². The van der Waals surface area contributed by atoms with Crippen molar-refractivity contribution in [2.45, 2.75) is 45.8 Å². The summed E-state index contributed by atoms with van der Waals surface area (Å²) in [6.07, 6.45) is -0.474. The number of ether oxygens (including phenoxy) is 1. The van der Waals surface area contributed by atoms with Gasteiger partial charge in [0.2, 0.25) is 0 Å². The van der Waals surface area contributed by atoms with E-state index >= 15 is 0 Å². The molecule has 1 rings (SSSR count). The monoisotopic (exact) mass is 285 g/mol. The molecule has 0 aromatic heterocycles. The van der Waals surface area contributed by atoms with Gasteiger partial charge in [0, 0.05) is 5.92 Å². The molecule has 112 valence electrons. The van der Waals surface area contributed by atoms with Crippen molar-refractivity contribution in [3.05, 3.63) is 35.4 Å². The highest BCUT2D eigenvalue weighted by molar-refractivity contribution is 5.75. The first-order valence-electron chi connectivity index (χ1n) is 6.65. The molecule has 5 heteroatoms. The third kappa shape index (κ3) is 4.00. The van der Waals surface area contributed by atoms with E-state index in [1.54, 1.807) is 6.92 Å². The number of halogens is 2. The molecule has 0 bridgehead atoms. The van der Waals surface area contributed by atoms with E-state index in [4.69, 9.17) is 10.5 Å². The highest BCUT2D eigenvalue weighted by Gasteiger charge is 2.27. The van der Waals surface area contributed by atoms with E-state index in [-0.39, 0.29) is 11.8 Å². The number of hydrogen-bond donors (Lipinski definition) is 1. The highest BCUT2D eigenvalue weighted by Crippen LogP contribution is 2.30. The average molecular weight is 285 g/mol. The maximum absolute atomic E-state index is 13.4. The summed E-state index contributed by atoms with van der Waals surface area (Å²) in [4.78, 5) is 11.6. The Morgan fingerprint density at radius 2 is 1.75 bits per heavy atom. The zero-order valence-corrected chi connectivity index (χ0v) is 12.2. The molecular formula is C15H21F2NO2. The standard InChI is InChI=1S/C15H21F2NO2/c1-8(2)14(10(4)20-15(19)9(3)18)11-5-6-12(16)13(17)7-11/h5-10,14H,18H2,1-4H3/t9-,10-,14+/m0/s1. The summed E-state index contributed by atoms with van der Waals surface area (Å²) < 4.78 is 31.6. The largest absolute Gasteiger partial charge is 0.461 e.